The lowest BCUT2D eigenvalue weighted by atomic mass is 9.96. The number of hydrogen-bond donors (Lipinski definition) is 0. The van der Waals surface area contributed by atoms with Crippen LogP contribution >= 0.6 is 0 Å². The normalized spacial score (nSPS) is 19.8. The summed E-state index contributed by atoms with van der Waals surface area (Å²) < 4.78 is 13.5. The van der Waals surface area contributed by atoms with E-state index < -0.39 is 0 Å². The zero-order valence-electron chi connectivity index (χ0n) is 16.8. The van der Waals surface area contributed by atoms with Gasteiger partial charge >= 0.3 is 0 Å². The molecule has 0 amide bonds. The summed E-state index contributed by atoms with van der Waals surface area (Å²) in [4.78, 5) is 4.89. The van der Waals surface area contributed by atoms with Gasteiger partial charge in [0.25, 0.3) is 0 Å². The zero-order valence-corrected chi connectivity index (χ0v) is 16.8. The average molecular weight is 386 g/mol. The topological polar surface area (TPSA) is 55.7 Å². The second-order valence-electron chi connectivity index (χ2n) is 7.70. The first-order valence-corrected chi connectivity index (χ1v) is 10.4. The molecule has 28 heavy (non-hydrogen) atoms. The Morgan fingerprint density at radius 2 is 1.75 bits per heavy atom. The van der Waals surface area contributed by atoms with E-state index in [1.165, 1.54) is 0 Å². The Kier molecular flexibility index (Phi) is 6.57. The number of likely N-dealkylation sites (tertiary alicyclic amines) is 1. The van der Waals surface area contributed by atoms with Crippen LogP contribution in [0.4, 0.5) is 0 Å². The van der Waals surface area contributed by atoms with Gasteiger partial charge in [-0.2, -0.15) is 0 Å². The van der Waals surface area contributed by atoms with Crippen LogP contribution in [0.2, 0.25) is 0 Å². The van der Waals surface area contributed by atoms with E-state index in [0.717, 1.165) is 89.3 Å². The molecule has 2 aliphatic rings. The van der Waals surface area contributed by atoms with Crippen molar-refractivity contribution in [3.63, 3.8) is 0 Å². The van der Waals surface area contributed by atoms with Gasteiger partial charge in [0.15, 0.2) is 0 Å². The largest absolute Gasteiger partial charge is 0.492 e. The van der Waals surface area contributed by atoms with Gasteiger partial charge in [0, 0.05) is 32.6 Å². The molecule has 0 N–H and O–H groups in total. The molecule has 0 aliphatic carbocycles. The molecule has 7 heteroatoms. The monoisotopic (exact) mass is 385 g/mol. The Balaban J connectivity index is 1.23. The first-order chi connectivity index (χ1) is 13.8. The summed E-state index contributed by atoms with van der Waals surface area (Å²) in [5.74, 6) is 3.66. The third-order valence-electron chi connectivity index (χ3n) is 5.84. The molecule has 2 fully saturated rings. The molecule has 3 heterocycles. The number of ether oxygens (including phenoxy) is 2. The van der Waals surface area contributed by atoms with Crippen molar-refractivity contribution in [3.8, 4) is 5.75 Å². The molecular weight excluding hydrogens is 354 g/mol. The van der Waals surface area contributed by atoms with E-state index in [0.29, 0.717) is 5.92 Å². The van der Waals surface area contributed by atoms with E-state index in [2.05, 4.69) is 31.6 Å². The summed E-state index contributed by atoms with van der Waals surface area (Å²) in [6.45, 7) is 8.35. The van der Waals surface area contributed by atoms with Gasteiger partial charge in [-0.05, 0) is 38.1 Å². The molecule has 0 radical (unpaired) electrons. The van der Waals surface area contributed by atoms with E-state index in [1.54, 1.807) is 0 Å². The van der Waals surface area contributed by atoms with E-state index in [-0.39, 0.29) is 0 Å². The van der Waals surface area contributed by atoms with Crippen molar-refractivity contribution >= 4 is 0 Å². The van der Waals surface area contributed by atoms with Crippen LogP contribution in [0.15, 0.2) is 30.3 Å². The highest BCUT2D eigenvalue weighted by molar-refractivity contribution is 5.20. The number of para-hydroxylation sites is 1. The number of aromatic nitrogens is 3. The second kappa shape index (κ2) is 9.49. The Labute approximate surface area is 167 Å². The molecule has 0 atom stereocenters. The lowest BCUT2D eigenvalue weighted by Gasteiger charge is -2.31. The number of hydrogen-bond acceptors (Lipinski definition) is 6. The number of benzene rings is 1. The zero-order chi connectivity index (χ0) is 19.2. The number of morpholine rings is 1. The van der Waals surface area contributed by atoms with Gasteiger partial charge in [-0.25, -0.2) is 0 Å². The van der Waals surface area contributed by atoms with Crippen molar-refractivity contribution in [2.45, 2.75) is 25.3 Å². The van der Waals surface area contributed by atoms with Gasteiger partial charge in [0.1, 0.15) is 24.0 Å². The molecule has 7 nitrogen and oxygen atoms in total. The minimum atomic E-state index is 0.502. The molecule has 2 aliphatic heterocycles. The van der Waals surface area contributed by atoms with Crippen molar-refractivity contribution in [1.29, 1.82) is 0 Å². The molecule has 0 bridgehead atoms. The van der Waals surface area contributed by atoms with E-state index in [1.807, 2.05) is 30.3 Å². The first-order valence-electron chi connectivity index (χ1n) is 10.4. The van der Waals surface area contributed by atoms with Crippen LogP contribution in [-0.2, 0) is 18.3 Å². The molecule has 0 saturated carbocycles. The first kappa shape index (κ1) is 19.4. The van der Waals surface area contributed by atoms with Crippen molar-refractivity contribution < 1.29 is 9.47 Å². The van der Waals surface area contributed by atoms with E-state index >= 15 is 0 Å². The third kappa shape index (κ3) is 4.90. The van der Waals surface area contributed by atoms with Gasteiger partial charge in [-0.15, -0.1) is 10.2 Å². The SMILES string of the molecule is Cn1c(CN2CCOCC2)nnc1C1CCN(CCOc2ccccc2)CC1. The van der Waals surface area contributed by atoms with Crippen molar-refractivity contribution in [2.24, 2.45) is 7.05 Å². The number of piperidine rings is 1. The maximum Gasteiger partial charge on any atom is 0.146 e. The fourth-order valence-corrected chi connectivity index (χ4v) is 4.05. The van der Waals surface area contributed by atoms with Crippen LogP contribution in [0, 0.1) is 0 Å². The molecule has 2 aromatic rings. The second-order valence-corrected chi connectivity index (χ2v) is 7.70. The highest BCUT2D eigenvalue weighted by Gasteiger charge is 2.25. The predicted octanol–water partition coefficient (Wildman–Crippen LogP) is 1.91. The lowest BCUT2D eigenvalue weighted by molar-refractivity contribution is 0.0326. The van der Waals surface area contributed by atoms with Gasteiger partial charge in [0.05, 0.1) is 19.8 Å². The van der Waals surface area contributed by atoms with Crippen LogP contribution in [0.3, 0.4) is 0 Å². The summed E-state index contributed by atoms with van der Waals surface area (Å²) >= 11 is 0. The standard InChI is InChI=1S/C21H31N5O2/c1-24-20(17-26-11-14-27-15-12-26)22-23-21(24)18-7-9-25(10-8-18)13-16-28-19-5-3-2-4-6-19/h2-6,18H,7-17H2,1H3. The molecule has 4 rings (SSSR count). The van der Waals surface area contributed by atoms with Gasteiger partial charge in [-0.1, -0.05) is 18.2 Å². The molecule has 1 aromatic carbocycles. The molecule has 2 saturated heterocycles. The molecular formula is C21H31N5O2. The summed E-state index contributed by atoms with van der Waals surface area (Å²) in [5, 5.41) is 9.03. The van der Waals surface area contributed by atoms with Gasteiger partial charge < -0.3 is 14.0 Å². The Bertz CT molecular complexity index is 722. The number of nitrogens with zero attached hydrogens (tertiary/aromatic N) is 5. The minimum Gasteiger partial charge on any atom is -0.492 e. The number of rotatable bonds is 7. The van der Waals surface area contributed by atoms with Crippen LogP contribution < -0.4 is 4.74 Å². The Morgan fingerprint density at radius 1 is 1.00 bits per heavy atom. The van der Waals surface area contributed by atoms with Gasteiger partial charge in [0.2, 0.25) is 0 Å². The maximum absolute atomic E-state index is 5.83. The van der Waals surface area contributed by atoms with Crippen LogP contribution in [0.5, 0.6) is 5.75 Å². The maximum atomic E-state index is 5.83. The smallest absolute Gasteiger partial charge is 0.146 e. The fraction of sp³-hybridized carbons (Fsp3) is 0.619. The minimum absolute atomic E-state index is 0.502. The van der Waals surface area contributed by atoms with Crippen molar-refractivity contribution in [1.82, 2.24) is 24.6 Å². The summed E-state index contributed by atoms with van der Waals surface area (Å²) in [6.07, 6.45) is 2.27. The summed E-state index contributed by atoms with van der Waals surface area (Å²) in [6, 6.07) is 10.0. The third-order valence-corrected chi connectivity index (χ3v) is 5.84. The van der Waals surface area contributed by atoms with E-state index in [9.17, 15) is 0 Å². The fourth-order valence-electron chi connectivity index (χ4n) is 4.05. The average Bonchev–Trinajstić information content (AvgIpc) is 3.10. The molecule has 152 valence electrons. The molecule has 1 aromatic heterocycles. The lowest BCUT2D eigenvalue weighted by Crippen LogP contribution is -2.37. The van der Waals surface area contributed by atoms with Crippen molar-refractivity contribution in [2.75, 3.05) is 52.5 Å². The highest BCUT2D eigenvalue weighted by atomic mass is 16.5. The summed E-state index contributed by atoms with van der Waals surface area (Å²) in [7, 11) is 2.12. The quantitative estimate of drug-likeness (QED) is 0.726. The van der Waals surface area contributed by atoms with E-state index in [4.69, 9.17) is 9.47 Å². The van der Waals surface area contributed by atoms with Crippen LogP contribution in [-0.4, -0.2) is 77.1 Å². The Hall–Kier alpha value is -1.96. The highest BCUT2D eigenvalue weighted by Crippen LogP contribution is 2.27. The summed E-state index contributed by atoms with van der Waals surface area (Å²) in [5.41, 5.74) is 0. The van der Waals surface area contributed by atoms with Crippen molar-refractivity contribution in [3.05, 3.63) is 42.0 Å². The van der Waals surface area contributed by atoms with Crippen LogP contribution in [0.25, 0.3) is 0 Å². The van der Waals surface area contributed by atoms with Gasteiger partial charge in [-0.3, -0.25) is 9.80 Å². The molecule has 0 spiro atoms. The molecule has 0 unspecified atom stereocenters. The predicted molar refractivity (Wildman–Crippen MR) is 107 cm³/mol. The van der Waals surface area contributed by atoms with Crippen LogP contribution in [0.1, 0.15) is 30.4 Å². The Morgan fingerprint density at radius 3 is 2.50 bits per heavy atom.